The molecule has 0 aliphatic heterocycles. The summed E-state index contributed by atoms with van der Waals surface area (Å²) in [6.07, 6.45) is 6.18. The molecule has 6 nitrogen and oxygen atoms in total. The molecule has 108 valence electrons. The van der Waals surface area contributed by atoms with E-state index in [1.807, 2.05) is 10.8 Å². The van der Waals surface area contributed by atoms with Gasteiger partial charge >= 0.3 is 0 Å². The first kappa shape index (κ1) is 15.0. The molecule has 0 bridgehead atoms. The molecule has 0 spiro atoms. The second-order valence-corrected chi connectivity index (χ2v) is 6.56. The Hall–Kier alpha value is -1.38. The van der Waals surface area contributed by atoms with E-state index in [1.165, 1.54) is 12.1 Å². The molecular weight excluding hydrogens is 346 g/mol. The molecule has 0 unspecified atom stereocenters. The number of imidazole rings is 1. The Morgan fingerprint density at radius 2 is 2.20 bits per heavy atom. The fraction of sp³-hybridized carbons (Fsp3) is 0.250. The van der Waals surface area contributed by atoms with E-state index in [-0.39, 0.29) is 4.90 Å². The molecule has 2 rings (SSSR count). The number of ether oxygens (including phenoxy) is 1. The van der Waals surface area contributed by atoms with Gasteiger partial charge < -0.3 is 9.30 Å². The number of primary sulfonamides is 1. The molecule has 0 radical (unpaired) electrons. The molecule has 0 fully saturated rings. The maximum atomic E-state index is 11.2. The normalized spacial score (nSPS) is 11.5. The molecule has 2 N–H and O–H groups in total. The predicted octanol–water partition coefficient (Wildman–Crippen LogP) is 1.76. The number of aromatic nitrogens is 2. The standard InChI is InChI=1S/C12H14BrN3O3S/c13-11-8-10(20(14,17)18)2-3-12(11)19-7-1-5-16-6-4-15-9-16/h2-4,6,8-9H,1,5,7H2,(H2,14,17,18). The van der Waals surface area contributed by atoms with Crippen molar-refractivity contribution in [1.29, 1.82) is 0 Å². The van der Waals surface area contributed by atoms with Gasteiger partial charge in [-0.3, -0.25) is 0 Å². The van der Waals surface area contributed by atoms with Gasteiger partial charge in [0.25, 0.3) is 0 Å². The number of sulfonamides is 1. The third-order valence-corrected chi connectivity index (χ3v) is 4.14. The van der Waals surface area contributed by atoms with Crippen LogP contribution in [0.3, 0.4) is 0 Å². The Morgan fingerprint density at radius 1 is 1.40 bits per heavy atom. The van der Waals surface area contributed by atoms with E-state index in [0.717, 1.165) is 13.0 Å². The van der Waals surface area contributed by atoms with Crippen molar-refractivity contribution in [2.24, 2.45) is 5.14 Å². The molecule has 0 amide bonds. The summed E-state index contributed by atoms with van der Waals surface area (Å²) in [7, 11) is -3.69. The molecule has 1 heterocycles. The van der Waals surface area contributed by atoms with Crippen LogP contribution in [-0.2, 0) is 16.6 Å². The van der Waals surface area contributed by atoms with E-state index in [1.54, 1.807) is 18.6 Å². The number of hydrogen-bond acceptors (Lipinski definition) is 4. The van der Waals surface area contributed by atoms with Gasteiger partial charge in [-0.2, -0.15) is 0 Å². The zero-order valence-electron chi connectivity index (χ0n) is 10.6. The van der Waals surface area contributed by atoms with Gasteiger partial charge in [0.15, 0.2) is 0 Å². The van der Waals surface area contributed by atoms with E-state index < -0.39 is 10.0 Å². The number of hydrogen-bond donors (Lipinski definition) is 1. The maximum Gasteiger partial charge on any atom is 0.238 e. The lowest BCUT2D eigenvalue weighted by atomic mass is 10.3. The van der Waals surface area contributed by atoms with Crippen molar-refractivity contribution in [3.05, 3.63) is 41.4 Å². The lowest BCUT2D eigenvalue weighted by Gasteiger charge is -2.09. The lowest BCUT2D eigenvalue weighted by Crippen LogP contribution is -2.12. The summed E-state index contributed by atoms with van der Waals surface area (Å²) in [6.45, 7) is 1.33. The average Bonchev–Trinajstić information content (AvgIpc) is 2.88. The van der Waals surface area contributed by atoms with Crippen LogP contribution in [-0.4, -0.2) is 24.6 Å². The minimum atomic E-state index is -3.69. The van der Waals surface area contributed by atoms with Gasteiger partial charge in [0.05, 0.1) is 22.3 Å². The zero-order chi connectivity index (χ0) is 14.6. The molecule has 0 atom stereocenters. The fourth-order valence-electron chi connectivity index (χ4n) is 1.62. The summed E-state index contributed by atoms with van der Waals surface area (Å²) >= 11 is 3.27. The highest BCUT2D eigenvalue weighted by molar-refractivity contribution is 9.10. The van der Waals surface area contributed by atoms with Crippen molar-refractivity contribution < 1.29 is 13.2 Å². The molecule has 2 aromatic rings. The summed E-state index contributed by atoms with van der Waals surface area (Å²) < 4.78 is 30.5. The number of aryl methyl sites for hydroxylation is 1. The second kappa shape index (κ2) is 6.38. The van der Waals surface area contributed by atoms with E-state index in [2.05, 4.69) is 20.9 Å². The first-order valence-corrected chi connectivity index (χ1v) is 8.21. The van der Waals surface area contributed by atoms with Crippen LogP contribution in [0.1, 0.15) is 6.42 Å². The summed E-state index contributed by atoms with van der Waals surface area (Å²) in [4.78, 5) is 4.00. The van der Waals surface area contributed by atoms with Crippen LogP contribution >= 0.6 is 15.9 Å². The minimum Gasteiger partial charge on any atom is -0.492 e. The van der Waals surface area contributed by atoms with Crippen LogP contribution in [0.2, 0.25) is 0 Å². The summed E-state index contributed by atoms with van der Waals surface area (Å²) in [5, 5.41) is 5.05. The van der Waals surface area contributed by atoms with Crippen molar-refractivity contribution in [1.82, 2.24) is 9.55 Å². The fourth-order valence-corrected chi connectivity index (χ4v) is 2.81. The van der Waals surface area contributed by atoms with Crippen LogP contribution in [0.25, 0.3) is 0 Å². The van der Waals surface area contributed by atoms with Crippen molar-refractivity contribution in [3.63, 3.8) is 0 Å². The lowest BCUT2D eigenvalue weighted by molar-refractivity contribution is 0.300. The van der Waals surface area contributed by atoms with Crippen LogP contribution < -0.4 is 9.88 Å². The quantitative estimate of drug-likeness (QED) is 0.796. The van der Waals surface area contributed by atoms with E-state index in [4.69, 9.17) is 9.88 Å². The molecule has 0 saturated carbocycles. The topological polar surface area (TPSA) is 87.2 Å². The Kier molecular flexibility index (Phi) is 4.79. The van der Waals surface area contributed by atoms with E-state index >= 15 is 0 Å². The number of nitrogens with two attached hydrogens (primary N) is 1. The van der Waals surface area contributed by atoms with E-state index in [9.17, 15) is 8.42 Å². The molecule has 0 aliphatic rings. The third-order valence-electron chi connectivity index (χ3n) is 2.61. The molecule has 1 aromatic heterocycles. The molecule has 20 heavy (non-hydrogen) atoms. The summed E-state index contributed by atoms with van der Waals surface area (Å²) in [5.41, 5.74) is 0. The Bertz CT molecular complexity index is 671. The average molecular weight is 360 g/mol. The van der Waals surface area contributed by atoms with Gasteiger partial charge in [-0.15, -0.1) is 0 Å². The van der Waals surface area contributed by atoms with Gasteiger partial charge in [0.2, 0.25) is 10.0 Å². The smallest absolute Gasteiger partial charge is 0.238 e. The molecule has 0 aliphatic carbocycles. The summed E-state index contributed by atoms with van der Waals surface area (Å²) in [6, 6.07) is 4.44. The van der Waals surface area contributed by atoms with Gasteiger partial charge in [-0.1, -0.05) is 0 Å². The third kappa shape index (κ3) is 4.06. The van der Waals surface area contributed by atoms with Crippen molar-refractivity contribution in [3.8, 4) is 5.75 Å². The van der Waals surface area contributed by atoms with Gasteiger partial charge in [-0.05, 0) is 40.5 Å². The highest BCUT2D eigenvalue weighted by Gasteiger charge is 2.10. The van der Waals surface area contributed by atoms with Gasteiger partial charge in [0.1, 0.15) is 5.75 Å². The second-order valence-electron chi connectivity index (χ2n) is 4.14. The van der Waals surface area contributed by atoms with Crippen LogP contribution in [0.5, 0.6) is 5.75 Å². The van der Waals surface area contributed by atoms with Gasteiger partial charge in [0, 0.05) is 18.9 Å². The molecular formula is C12H14BrN3O3S. The first-order chi connectivity index (χ1) is 9.47. The van der Waals surface area contributed by atoms with Crippen LogP contribution in [0.15, 0.2) is 46.3 Å². The van der Waals surface area contributed by atoms with Crippen molar-refractivity contribution in [2.75, 3.05) is 6.61 Å². The van der Waals surface area contributed by atoms with Crippen LogP contribution in [0, 0.1) is 0 Å². The van der Waals surface area contributed by atoms with Gasteiger partial charge in [-0.25, -0.2) is 18.5 Å². The number of halogens is 1. The molecule has 0 saturated heterocycles. The highest BCUT2D eigenvalue weighted by atomic mass is 79.9. The molecule has 8 heteroatoms. The monoisotopic (exact) mass is 359 g/mol. The van der Waals surface area contributed by atoms with E-state index in [0.29, 0.717) is 16.8 Å². The maximum absolute atomic E-state index is 11.2. The Labute approximate surface area is 125 Å². The van der Waals surface area contributed by atoms with Crippen molar-refractivity contribution in [2.45, 2.75) is 17.9 Å². The summed E-state index contributed by atoms with van der Waals surface area (Å²) in [5.74, 6) is 0.586. The molecule has 1 aromatic carbocycles. The minimum absolute atomic E-state index is 0.0511. The van der Waals surface area contributed by atoms with Crippen LogP contribution in [0.4, 0.5) is 0 Å². The predicted molar refractivity (Wildman–Crippen MR) is 77.9 cm³/mol. The highest BCUT2D eigenvalue weighted by Crippen LogP contribution is 2.27. The zero-order valence-corrected chi connectivity index (χ0v) is 13.0. The SMILES string of the molecule is NS(=O)(=O)c1ccc(OCCCn2ccnc2)c(Br)c1. The Balaban J connectivity index is 1.90. The van der Waals surface area contributed by atoms with Crippen molar-refractivity contribution >= 4 is 26.0 Å². The Morgan fingerprint density at radius 3 is 2.80 bits per heavy atom. The first-order valence-electron chi connectivity index (χ1n) is 5.88. The number of nitrogens with zero attached hydrogens (tertiary/aromatic N) is 2. The number of rotatable bonds is 6. The largest absolute Gasteiger partial charge is 0.492 e. The number of benzene rings is 1.